The predicted octanol–water partition coefficient (Wildman–Crippen LogP) is 12.1. The Kier molecular flexibility index (Phi) is 42.4. The second-order valence-corrected chi connectivity index (χ2v) is 13.4. The van der Waals surface area contributed by atoms with E-state index in [1.165, 1.54) is 128 Å². The highest BCUT2D eigenvalue weighted by molar-refractivity contribution is 5.85. The zero-order valence-electron chi connectivity index (χ0n) is 32.3. The van der Waals surface area contributed by atoms with Crippen molar-refractivity contribution in [2.75, 3.05) is 13.2 Å². The summed E-state index contributed by atoms with van der Waals surface area (Å²) in [6.07, 6.45) is 41.6. The largest absolute Gasteiger partial charge is 0.481 e. The topological polar surface area (TPSA) is 130 Å². The van der Waals surface area contributed by atoms with Gasteiger partial charge in [-0.25, -0.2) is 0 Å². The Morgan fingerprint density at radius 1 is 0.440 bits per heavy atom. The van der Waals surface area contributed by atoms with Crippen LogP contribution in [0.5, 0.6) is 0 Å². The van der Waals surface area contributed by atoms with E-state index in [0.29, 0.717) is 12.8 Å². The van der Waals surface area contributed by atoms with Crippen LogP contribution in [0.15, 0.2) is 24.3 Å². The van der Waals surface area contributed by atoms with Crippen molar-refractivity contribution in [2.24, 2.45) is 0 Å². The van der Waals surface area contributed by atoms with Gasteiger partial charge in [-0.15, -0.1) is 0 Å². The van der Waals surface area contributed by atoms with Crippen molar-refractivity contribution in [3.8, 4) is 0 Å². The van der Waals surface area contributed by atoms with Gasteiger partial charge in [-0.3, -0.25) is 19.2 Å². The molecule has 0 amide bonds. The van der Waals surface area contributed by atoms with Crippen molar-refractivity contribution in [1.82, 2.24) is 0 Å². The van der Waals surface area contributed by atoms with Crippen molar-refractivity contribution in [2.45, 2.75) is 206 Å². The van der Waals surface area contributed by atoms with Gasteiger partial charge in [0.15, 0.2) is 0 Å². The maximum atomic E-state index is 11.9. The highest BCUT2D eigenvalue weighted by Crippen LogP contribution is 2.12. The lowest BCUT2D eigenvalue weighted by molar-refractivity contribution is -0.159. The van der Waals surface area contributed by atoms with Gasteiger partial charge in [-0.05, 0) is 64.2 Å². The maximum absolute atomic E-state index is 11.9. The number of hydrogen-bond donors (Lipinski definition) is 2. The Bertz CT molecular complexity index is 767. The number of carbonyl (C=O) groups is 4. The van der Waals surface area contributed by atoms with Gasteiger partial charge in [0.2, 0.25) is 0 Å². The lowest BCUT2D eigenvalue weighted by Crippen LogP contribution is -2.11. The number of aliphatic carboxylic acids is 2. The second-order valence-electron chi connectivity index (χ2n) is 13.4. The van der Waals surface area contributed by atoms with E-state index in [1.54, 1.807) is 0 Å². The smallest absolute Gasteiger partial charge is 0.313 e. The van der Waals surface area contributed by atoms with Crippen LogP contribution < -0.4 is 0 Å². The van der Waals surface area contributed by atoms with E-state index >= 15 is 0 Å². The van der Waals surface area contributed by atoms with Gasteiger partial charge < -0.3 is 19.7 Å². The van der Waals surface area contributed by atoms with E-state index in [0.717, 1.165) is 51.7 Å². The van der Waals surface area contributed by atoms with Crippen molar-refractivity contribution >= 4 is 23.9 Å². The first-order chi connectivity index (χ1) is 24.3. The molecule has 1 fully saturated rings. The number of rotatable bonds is 33. The number of hydrogen-bond acceptors (Lipinski definition) is 6. The number of allylic oxidation sites excluding steroid dienone is 4. The summed E-state index contributed by atoms with van der Waals surface area (Å²) < 4.78 is 9.49. The van der Waals surface area contributed by atoms with Gasteiger partial charge in [-0.2, -0.15) is 0 Å². The first kappa shape index (κ1) is 49.6. The van der Waals surface area contributed by atoms with Gasteiger partial charge >= 0.3 is 23.9 Å². The third kappa shape index (κ3) is 52.3. The summed E-state index contributed by atoms with van der Waals surface area (Å²) in [6.45, 7) is 6.53. The van der Waals surface area contributed by atoms with E-state index in [-0.39, 0.29) is 24.8 Å². The molecule has 0 aromatic heterocycles. The molecular weight excluding hydrogens is 632 g/mol. The Balaban J connectivity index is 0. The second kappa shape index (κ2) is 42.7. The number of ether oxygens (including phenoxy) is 2. The molecule has 8 nitrogen and oxygen atoms in total. The number of esters is 2. The van der Waals surface area contributed by atoms with E-state index in [4.69, 9.17) is 14.9 Å². The summed E-state index contributed by atoms with van der Waals surface area (Å²) in [5, 5.41) is 15.8. The molecule has 8 heteroatoms. The molecule has 1 aliphatic rings. The summed E-state index contributed by atoms with van der Waals surface area (Å²) in [7, 11) is 0. The van der Waals surface area contributed by atoms with Crippen LogP contribution >= 0.6 is 0 Å². The molecule has 292 valence electrons. The van der Waals surface area contributed by atoms with E-state index in [9.17, 15) is 19.2 Å². The number of epoxide rings is 1. The molecule has 1 saturated heterocycles. The van der Waals surface area contributed by atoms with Crippen molar-refractivity contribution in [3.63, 3.8) is 0 Å². The van der Waals surface area contributed by atoms with Crippen LogP contribution in [0.25, 0.3) is 0 Å². The molecule has 0 radical (unpaired) electrons. The third-order valence-corrected chi connectivity index (χ3v) is 8.27. The molecule has 1 heterocycles. The highest BCUT2D eigenvalue weighted by atomic mass is 16.6. The van der Waals surface area contributed by atoms with Crippen LogP contribution in [-0.4, -0.2) is 47.3 Å². The highest BCUT2D eigenvalue weighted by Gasteiger charge is 2.10. The monoisotopic (exact) mass is 709 g/mol. The lowest BCUT2D eigenvalue weighted by atomic mass is 10.1. The first-order valence-corrected chi connectivity index (χ1v) is 20.4. The van der Waals surface area contributed by atoms with Gasteiger partial charge in [-0.1, -0.05) is 141 Å². The minimum absolute atomic E-state index is 0.296. The van der Waals surface area contributed by atoms with E-state index < -0.39 is 11.9 Å². The molecule has 0 spiro atoms. The normalized spacial score (nSPS) is 11.9. The summed E-state index contributed by atoms with van der Waals surface area (Å²) >= 11 is 0. The summed E-state index contributed by atoms with van der Waals surface area (Å²) in [4.78, 5) is 43.1. The fourth-order valence-corrected chi connectivity index (χ4v) is 5.12. The Labute approximate surface area is 306 Å². The van der Waals surface area contributed by atoms with Crippen LogP contribution in [0.1, 0.15) is 206 Å². The first-order valence-electron chi connectivity index (χ1n) is 20.4. The molecule has 50 heavy (non-hydrogen) atoms. The van der Waals surface area contributed by atoms with Crippen molar-refractivity contribution in [1.29, 1.82) is 0 Å². The molecule has 1 aliphatic heterocycles. The average Bonchev–Trinajstić information content (AvgIpc) is 3.98. The number of carbonyl (C=O) groups excluding carboxylic acids is 2. The van der Waals surface area contributed by atoms with Gasteiger partial charge in [0.1, 0.15) is 0 Å². The van der Waals surface area contributed by atoms with Crippen LogP contribution in [0, 0.1) is 0 Å². The molecule has 0 bridgehead atoms. The quantitative estimate of drug-likeness (QED) is 0.0226. The Morgan fingerprint density at radius 3 is 0.960 bits per heavy atom. The molecule has 0 saturated carbocycles. The molecule has 0 aliphatic carbocycles. The fourth-order valence-electron chi connectivity index (χ4n) is 5.12. The molecule has 0 atom stereocenters. The SMILES string of the molecule is C1CO1.CCCCCCCCC=CCCCCCCCC(=O)OC(=O)CCCCCCCC=CCCCCCCCC.O=C(O)CCC(=O)O. The van der Waals surface area contributed by atoms with E-state index in [1.807, 2.05) is 0 Å². The van der Waals surface area contributed by atoms with Crippen LogP contribution in [0.3, 0.4) is 0 Å². The summed E-state index contributed by atoms with van der Waals surface area (Å²) in [6, 6.07) is 0. The van der Waals surface area contributed by atoms with Gasteiger partial charge in [0, 0.05) is 12.8 Å². The third-order valence-electron chi connectivity index (χ3n) is 8.27. The van der Waals surface area contributed by atoms with Crippen LogP contribution in [0.4, 0.5) is 0 Å². The van der Waals surface area contributed by atoms with Crippen molar-refractivity contribution < 1.29 is 38.9 Å². The summed E-state index contributed by atoms with van der Waals surface area (Å²) in [5.41, 5.74) is 0. The number of carboxylic acid groups (broad SMARTS) is 2. The van der Waals surface area contributed by atoms with Gasteiger partial charge in [0.25, 0.3) is 0 Å². The molecular formula is C42H76O8. The predicted molar refractivity (Wildman–Crippen MR) is 205 cm³/mol. The standard InChI is InChI=1S/C36H66O3.C4H6O4.C2H4O/c1-3-5-7-9-11-13-15-17-19-21-23-25-27-29-31-33-35(37)39-36(38)34-32-30-28-26-24-22-20-18-16-14-12-10-8-6-4-2;5-3(6)1-2-4(7)8;1-2-3-1/h17-20H,3-16,21-34H2,1-2H3;1-2H2,(H,5,6)(H,7,8);1-2H2. The molecule has 2 N–H and O–H groups in total. The van der Waals surface area contributed by atoms with Crippen LogP contribution in [-0.2, 0) is 28.7 Å². The Morgan fingerprint density at radius 2 is 0.700 bits per heavy atom. The maximum Gasteiger partial charge on any atom is 0.313 e. The summed E-state index contributed by atoms with van der Waals surface area (Å²) in [5.74, 6) is -2.84. The molecule has 0 unspecified atom stereocenters. The number of carboxylic acids is 2. The molecule has 0 aromatic rings. The van der Waals surface area contributed by atoms with Crippen LogP contribution in [0.2, 0.25) is 0 Å². The zero-order valence-corrected chi connectivity index (χ0v) is 32.3. The minimum atomic E-state index is -1.08. The number of unbranched alkanes of at least 4 members (excludes halogenated alkanes) is 22. The van der Waals surface area contributed by atoms with Gasteiger partial charge in [0.05, 0.1) is 26.1 Å². The van der Waals surface area contributed by atoms with E-state index in [2.05, 4.69) is 42.9 Å². The molecule has 0 aromatic carbocycles. The van der Waals surface area contributed by atoms with Crippen molar-refractivity contribution in [3.05, 3.63) is 24.3 Å². The zero-order chi connectivity index (χ0) is 37.2. The lowest BCUT2D eigenvalue weighted by Gasteiger charge is -2.04. The Hall–Kier alpha value is -2.48. The minimum Gasteiger partial charge on any atom is -0.481 e. The molecule has 1 rings (SSSR count). The average molecular weight is 709 g/mol. The fraction of sp³-hybridized carbons (Fsp3) is 0.810.